The van der Waals surface area contributed by atoms with Gasteiger partial charge in [-0.2, -0.15) is 0 Å². The maximum atomic E-state index is 14.4. The first-order valence-corrected chi connectivity index (χ1v) is 7.45. The van der Waals surface area contributed by atoms with Crippen molar-refractivity contribution >= 4 is 23.0 Å². The largest absolute Gasteiger partial charge is 0.336 e. The van der Waals surface area contributed by atoms with Crippen LogP contribution in [0.3, 0.4) is 0 Å². The molecule has 3 rings (SSSR count). The van der Waals surface area contributed by atoms with Crippen LogP contribution in [0, 0.1) is 5.82 Å². The topological polar surface area (TPSA) is 3.24 Å². The SMILES string of the molecule is CC1CCc2ccccc2N1c1ccc(CCl)cc1F. The lowest BCUT2D eigenvalue weighted by molar-refractivity contribution is 0.584. The highest BCUT2D eigenvalue weighted by molar-refractivity contribution is 6.17. The average molecular weight is 290 g/mol. The van der Waals surface area contributed by atoms with Crippen LogP contribution in [0.2, 0.25) is 0 Å². The van der Waals surface area contributed by atoms with Gasteiger partial charge in [0.1, 0.15) is 5.82 Å². The predicted molar refractivity (Wildman–Crippen MR) is 82.3 cm³/mol. The lowest BCUT2D eigenvalue weighted by Crippen LogP contribution is -2.33. The van der Waals surface area contributed by atoms with E-state index >= 15 is 0 Å². The van der Waals surface area contributed by atoms with Crippen LogP contribution in [0.25, 0.3) is 0 Å². The third-order valence-electron chi connectivity index (χ3n) is 3.95. The molecule has 1 atom stereocenters. The van der Waals surface area contributed by atoms with Crippen LogP contribution in [-0.4, -0.2) is 6.04 Å². The lowest BCUT2D eigenvalue weighted by atomic mass is 9.95. The molecule has 0 radical (unpaired) electrons. The molecule has 1 aliphatic rings. The first kappa shape index (κ1) is 13.4. The Morgan fingerprint density at radius 1 is 1.20 bits per heavy atom. The Hall–Kier alpha value is -1.54. The summed E-state index contributed by atoms with van der Waals surface area (Å²) < 4.78 is 14.4. The van der Waals surface area contributed by atoms with Gasteiger partial charge >= 0.3 is 0 Å². The van der Waals surface area contributed by atoms with Crippen LogP contribution in [0.4, 0.5) is 15.8 Å². The van der Waals surface area contributed by atoms with Crippen LogP contribution >= 0.6 is 11.6 Å². The van der Waals surface area contributed by atoms with Crippen LogP contribution in [0.5, 0.6) is 0 Å². The lowest BCUT2D eigenvalue weighted by Gasteiger charge is -2.37. The number of fused-ring (bicyclic) bond motifs is 1. The third kappa shape index (κ3) is 2.29. The second kappa shape index (κ2) is 5.45. The number of para-hydroxylation sites is 1. The molecule has 2 aromatic rings. The van der Waals surface area contributed by atoms with Gasteiger partial charge in [-0.3, -0.25) is 0 Å². The molecule has 0 spiro atoms. The summed E-state index contributed by atoms with van der Waals surface area (Å²) in [6, 6.07) is 13.8. The van der Waals surface area contributed by atoms with E-state index in [0.717, 1.165) is 24.1 Å². The highest BCUT2D eigenvalue weighted by atomic mass is 35.5. The number of hydrogen-bond donors (Lipinski definition) is 0. The minimum absolute atomic E-state index is 0.202. The Morgan fingerprint density at radius 2 is 2.00 bits per heavy atom. The Labute approximate surface area is 124 Å². The van der Waals surface area contributed by atoms with Crippen molar-refractivity contribution in [1.82, 2.24) is 0 Å². The highest BCUT2D eigenvalue weighted by Crippen LogP contribution is 2.38. The molecule has 0 aliphatic carbocycles. The molecule has 20 heavy (non-hydrogen) atoms. The normalized spacial score (nSPS) is 17.9. The van der Waals surface area contributed by atoms with Crippen molar-refractivity contribution in [1.29, 1.82) is 0 Å². The third-order valence-corrected chi connectivity index (χ3v) is 4.26. The van der Waals surface area contributed by atoms with Crippen molar-refractivity contribution in [2.24, 2.45) is 0 Å². The molecule has 0 fully saturated rings. The van der Waals surface area contributed by atoms with Gasteiger partial charge in [-0.25, -0.2) is 4.39 Å². The van der Waals surface area contributed by atoms with Crippen molar-refractivity contribution in [2.45, 2.75) is 31.7 Å². The fourth-order valence-electron chi connectivity index (χ4n) is 2.88. The molecular weight excluding hydrogens is 273 g/mol. The van der Waals surface area contributed by atoms with E-state index in [9.17, 15) is 4.39 Å². The van der Waals surface area contributed by atoms with Crippen molar-refractivity contribution in [3.8, 4) is 0 Å². The van der Waals surface area contributed by atoms with Gasteiger partial charge in [0.05, 0.1) is 5.69 Å². The number of rotatable bonds is 2. The first-order valence-electron chi connectivity index (χ1n) is 6.92. The van der Waals surface area contributed by atoms with E-state index in [1.807, 2.05) is 24.3 Å². The van der Waals surface area contributed by atoms with Gasteiger partial charge in [-0.15, -0.1) is 11.6 Å². The number of alkyl halides is 1. The Morgan fingerprint density at radius 3 is 2.75 bits per heavy atom. The van der Waals surface area contributed by atoms with Gasteiger partial charge < -0.3 is 4.90 Å². The van der Waals surface area contributed by atoms with Crippen molar-refractivity contribution in [3.63, 3.8) is 0 Å². The summed E-state index contributed by atoms with van der Waals surface area (Å²) >= 11 is 5.77. The standard InChI is InChI=1S/C17H17ClFN/c1-12-6-8-14-4-2-3-5-16(14)20(12)17-9-7-13(11-18)10-15(17)19/h2-5,7,9-10,12H,6,8,11H2,1H3. The number of anilines is 2. The predicted octanol–water partition coefficient (Wildman–Crippen LogP) is 5.04. The van der Waals surface area contributed by atoms with Crippen LogP contribution in [0.1, 0.15) is 24.5 Å². The molecule has 1 nitrogen and oxygen atoms in total. The van der Waals surface area contributed by atoms with Gasteiger partial charge in [0.25, 0.3) is 0 Å². The summed E-state index contributed by atoms with van der Waals surface area (Å²) in [6.45, 7) is 2.14. The first-order chi connectivity index (χ1) is 9.70. The maximum absolute atomic E-state index is 14.4. The Bertz CT molecular complexity index is 626. The molecule has 0 amide bonds. The highest BCUT2D eigenvalue weighted by Gasteiger charge is 2.25. The fraction of sp³-hybridized carbons (Fsp3) is 0.294. The molecule has 1 unspecified atom stereocenters. The summed E-state index contributed by atoms with van der Waals surface area (Å²) in [5.41, 5.74) is 3.85. The molecule has 3 heteroatoms. The molecule has 0 N–H and O–H groups in total. The maximum Gasteiger partial charge on any atom is 0.147 e. The summed E-state index contributed by atoms with van der Waals surface area (Å²) in [4.78, 5) is 2.10. The summed E-state index contributed by atoms with van der Waals surface area (Å²) in [6.07, 6.45) is 2.09. The monoisotopic (exact) mass is 289 g/mol. The Balaban J connectivity index is 2.09. The molecular formula is C17H17ClFN. The van der Waals surface area contributed by atoms with Crippen LogP contribution in [0.15, 0.2) is 42.5 Å². The zero-order valence-electron chi connectivity index (χ0n) is 11.4. The van der Waals surface area contributed by atoms with Crippen molar-refractivity contribution in [3.05, 3.63) is 59.4 Å². The smallest absolute Gasteiger partial charge is 0.147 e. The Kier molecular flexibility index (Phi) is 3.66. The summed E-state index contributed by atoms with van der Waals surface area (Å²) in [7, 11) is 0. The fourth-order valence-corrected chi connectivity index (χ4v) is 3.05. The molecule has 2 aromatic carbocycles. The van der Waals surface area contributed by atoms with E-state index in [-0.39, 0.29) is 5.82 Å². The second-order valence-corrected chi connectivity index (χ2v) is 5.57. The van der Waals surface area contributed by atoms with Gasteiger partial charge in [-0.05, 0) is 49.1 Å². The van der Waals surface area contributed by atoms with Crippen LogP contribution < -0.4 is 4.90 Å². The number of hydrogen-bond acceptors (Lipinski definition) is 1. The van der Waals surface area contributed by atoms with E-state index in [2.05, 4.69) is 24.0 Å². The van der Waals surface area contributed by atoms with Gasteiger partial charge in [0.2, 0.25) is 0 Å². The van der Waals surface area contributed by atoms with Gasteiger partial charge in [0.15, 0.2) is 0 Å². The van der Waals surface area contributed by atoms with Gasteiger partial charge in [-0.1, -0.05) is 24.3 Å². The molecule has 0 saturated carbocycles. The molecule has 1 aliphatic heterocycles. The molecule has 104 valence electrons. The number of nitrogens with zero attached hydrogens (tertiary/aromatic N) is 1. The minimum atomic E-state index is -0.202. The van der Waals surface area contributed by atoms with E-state index in [0.29, 0.717) is 17.6 Å². The summed E-state index contributed by atoms with van der Waals surface area (Å²) in [5, 5.41) is 0. The van der Waals surface area contributed by atoms with Crippen molar-refractivity contribution < 1.29 is 4.39 Å². The van der Waals surface area contributed by atoms with E-state index in [1.54, 1.807) is 0 Å². The van der Waals surface area contributed by atoms with E-state index < -0.39 is 0 Å². The molecule has 0 bridgehead atoms. The quantitative estimate of drug-likeness (QED) is 0.700. The van der Waals surface area contributed by atoms with Crippen LogP contribution in [-0.2, 0) is 12.3 Å². The average Bonchev–Trinajstić information content (AvgIpc) is 2.48. The summed E-state index contributed by atoms with van der Waals surface area (Å²) in [5.74, 6) is 0.135. The molecule has 1 heterocycles. The number of halogens is 2. The second-order valence-electron chi connectivity index (χ2n) is 5.31. The van der Waals surface area contributed by atoms with E-state index in [1.165, 1.54) is 11.6 Å². The zero-order chi connectivity index (χ0) is 14.1. The minimum Gasteiger partial charge on any atom is -0.336 e. The molecule has 0 saturated heterocycles. The zero-order valence-corrected chi connectivity index (χ0v) is 12.2. The van der Waals surface area contributed by atoms with Crippen molar-refractivity contribution in [2.75, 3.05) is 4.90 Å². The van der Waals surface area contributed by atoms with E-state index in [4.69, 9.17) is 11.6 Å². The number of aryl methyl sites for hydroxylation is 1. The number of benzene rings is 2. The molecule has 0 aromatic heterocycles. The van der Waals surface area contributed by atoms with Gasteiger partial charge in [0, 0.05) is 17.6 Å².